The average molecular weight is 291 g/mol. The van der Waals surface area contributed by atoms with Crippen molar-refractivity contribution in [1.29, 1.82) is 0 Å². The minimum absolute atomic E-state index is 0.153. The van der Waals surface area contributed by atoms with E-state index in [1.165, 1.54) is 22.6 Å². The zero-order valence-electron chi connectivity index (χ0n) is 11.4. The van der Waals surface area contributed by atoms with Gasteiger partial charge in [-0.05, 0) is 18.6 Å². The second kappa shape index (κ2) is 5.60. The number of hydrogen-bond acceptors (Lipinski definition) is 4. The van der Waals surface area contributed by atoms with E-state index in [2.05, 4.69) is 4.98 Å². The molecule has 0 saturated heterocycles. The zero-order valence-corrected chi connectivity index (χ0v) is 12.3. The topological polar surface area (TPSA) is 76.3 Å². The molecule has 0 aliphatic rings. The van der Waals surface area contributed by atoms with E-state index in [1.54, 1.807) is 7.05 Å². The quantitative estimate of drug-likeness (QED) is 0.931. The van der Waals surface area contributed by atoms with Crippen molar-refractivity contribution in [2.24, 2.45) is 0 Å². The monoisotopic (exact) mass is 291 g/mol. The lowest BCUT2D eigenvalue weighted by Gasteiger charge is -2.17. The standard InChI is InChI=1S/C14H17N3O2S/c1-11-4-3-5-12(8-11)10-17(2)20(18,19)13-6-7-16-14(15)9-13/h3-9H,10H2,1-2H3,(H2,15,16). The second-order valence-corrected chi connectivity index (χ2v) is 6.71. The van der Waals surface area contributed by atoms with Gasteiger partial charge in [-0.15, -0.1) is 0 Å². The summed E-state index contributed by atoms with van der Waals surface area (Å²) in [5.41, 5.74) is 7.58. The van der Waals surface area contributed by atoms with Gasteiger partial charge in [-0.2, -0.15) is 4.31 Å². The van der Waals surface area contributed by atoms with Crippen LogP contribution >= 0.6 is 0 Å². The Hall–Kier alpha value is -1.92. The van der Waals surface area contributed by atoms with Crippen LogP contribution in [-0.2, 0) is 16.6 Å². The summed E-state index contributed by atoms with van der Waals surface area (Å²) in [5.74, 6) is 0.190. The van der Waals surface area contributed by atoms with Gasteiger partial charge in [-0.25, -0.2) is 13.4 Å². The van der Waals surface area contributed by atoms with Crippen molar-refractivity contribution in [1.82, 2.24) is 9.29 Å². The molecular formula is C14H17N3O2S. The Balaban J connectivity index is 2.26. The van der Waals surface area contributed by atoms with Crippen LogP contribution in [0.15, 0.2) is 47.5 Å². The largest absolute Gasteiger partial charge is 0.384 e. The van der Waals surface area contributed by atoms with Gasteiger partial charge in [-0.3, -0.25) is 0 Å². The van der Waals surface area contributed by atoms with Gasteiger partial charge in [0.05, 0.1) is 4.90 Å². The second-order valence-electron chi connectivity index (χ2n) is 4.67. The minimum atomic E-state index is -3.56. The highest BCUT2D eigenvalue weighted by atomic mass is 32.2. The third-order valence-electron chi connectivity index (χ3n) is 2.95. The molecule has 2 aromatic rings. The molecule has 6 heteroatoms. The summed E-state index contributed by atoms with van der Waals surface area (Å²) in [6.07, 6.45) is 1.39. The zero-order chi connectivity index (χ0) is 14.8. The molecule has 0 amide bonds. The Morgan fingerprint density at radius 2 is 2.00 bits per heavy atom. The van der Waals surface area contributed by atoms with E-state index in [1.807, 2.05) is 31.2 Å². The van der Waals surface area contributed by atoms with Gasteiger partial charge in [0.15, 0.2) is 0 Å². The van der Waals surface area contributed by atoms with Gasteiger partial charge in [0.2, 0.25) is 10.0 Å². The van der Waals surface area contributed by atoms with Crippen LogP contribution in [0, 0.1) is 6.92 Å². The number of rotatable bonds is 4. The molecule has 0 radical (unpaired) electrons. The molecule has 0 bridgehead atoms. The molecule has 2 rings (SSSR count). The summed E-state index contributed by atoms with van der Waals surface area (Å²) >= 11 is 0. The third kappa shape index (κ3) is 3.15. The van der Waals surface area contributed by atoms with Crippen molar-refractivity contribution >= 4 is 15.8 Å². The van der Waals surface area contributed by atoms with Crippen LogP contribution < -0.4 is 5.73 Å². The molecule has 2 N–H and O–H groups in total. The maximum Gasteiger partial charge on any atom is 0.243 e. The maximum atomic E-state index is 12.4. The molecular weight excluding hydrogens is 274 g/mol. The van der Waals surface area contributed by atoms with Crippen LogP contribution in [-0.4, -0.2) is 24.8 Å². The predicted octanol–water partition coefficient (Wildman–Crippen LogP) is 1.79. The normalized spacial score (nSPS) is 11.8. The summed E-state index contributed by atoms with van der Waals surface area (Å²) in [6.45, 7) is 2.29. The van der Waals surface area contributed by atoms with E-state index in [0.717, 1.165) is 11.1 Å². The molecule has 0 atom stereocenters. The Kier molecular flexibility index (Phi) is 4.06. The molecule has 106 valence electrons. The Morgan fingerprint density at radius 1 is 1.25 bits per heavy atom. The molecule has 0 saturated carbocycles. The van der Waals surface area contributed by atoms with E-state index in [-0.39, 0.29) is 10.7 Å². The van der Waals surface area contributed by atoms with Crippen LogP contribution in [0.5, 0.6) is 0 Å². The lowest BCUT2D eigenvalue weighted by Crippen LogP contribution is -2.26. The summed E-state index contributed by atoms with van der Waals surface area (Å²) < 4.78 is 26.1. The van der Waals surface area contributed by atoms with Crippen LogP contribution in [0.2, 0.25) is 0 Å². The molecule has 0 aliphatic heterocycles. The number of hydrogen-bond donors (Lipinski definition) is 1. The molecule has 1 aromatic heterocycles. The van der Waals surface area contributed by atoms with Crippen LogP contribution in [0.1, 0.15) is 11.1 Å². The lowest BCUT2D eigenvalue weighted by molar-refractivity contribution is 0.466. The fourth-order valence-corrected chi connectivity index (χ4v) is 3.10. The number of aromatic nitrogens is 1. The van der Waals surface area contributed by atoms with E-state index in [9.17, 15) is 8.42 Å². The highest BCUT2D eigenvalue weighted by Crippen LogP contribution is 2.18. The van der Waals surface area contributed by atoms with E-state index < -0.39 is 10.0 Å². The first-order valence-corrected chi connectivity index (χ1v) is 7.57. The Morgan fingerprint density at radius 3 is 2.65 bits per heavy atom. The third-order valence-corrected chi connectivity index (χ3v) is 4.75. The summed E-state index contributed by atoms with van der Waals surface area (Å²) in [5, 5.41) is 0. The van der Waals surface area contributed by atoms with Gasteiger partial charge in [-0.1, -0.05) is 29.8 Å². The summed E-state index contributed by atoms with van der Waals surface area (Å²) in [7, 11) is -2.01. The molecule has 0 fully saturated rings. The Bertz CT molecular complexity index is 714. The highest BCUT2D eigenvalue weighted by Gasteiger charge is 2.21. The fourth-order valence-electron chi connectivity index (χ4n) is 1.92. The number of nitrogen functional groups attached to an aromatic ring is 1. The van der Waals surface area contributed by atoms with E-state index in [0.29, 0.717) is 6.54 Å². The SMILES string of the molecule is Cc1cccc(CN(C)S(=O)(=O)c2ccnc(N)c2)c1. The first-order chi connectivity index (χ1) is 9.39. The molecule has 1 heterocycles. The van der Waals surface area contributed by atoms with Crippen LogP contribution in [0.4, 0.5) is 5.82 Å². The fraction of sp³-hybridized carbons (Fsp3) is 0.214. The Labute approximate surface area is 119 Å². The van der Waals surface area contributed by atoms with Crippen molar-refractivity contribution in [2.75, 3.05) is 12.8 Å². The van der Waals surface area contributed by atoms with E-state index in [4.69, 9.17) is 5.73 Å². The lowest BCUT2D eigenvalue weighted by atomic mass is 10.1. The number of nitrogens with two attached hydrogens (primary N) is 1. The molecule has 20 heavy (non-hydrogen) atoms. The number of aryl methyl sites for hydroxylation is 1. The summed E-state index contributed by atoms with van der Waals surface area (Å²) in [6, 6.07) is 10.6. The van der Waals surface area contributed by atoms with Crippen LogP contribution in [0.3, 0.4) is 0 Å². The average Bonchev–Trinajstić information content (AvgIpc) is 2.38. The maximum absolute atomic E-state index is 12.4. The number of sulfonamides is 1. The molecule has 5 nitrogen and oxygen atoms in total. The van der Waals surface area contributed by atoms with Crippen molar-refractivity contribution in [3.05, 3.63) is 53.7 Å². The smallest absolute Gasteiger partial charge is 0.243 e. The number of anilines is 1. The predicted molar refractivity (Wildman–Crippen MR) is 78.5 cm³/mol. The first kappa shape index (κ1) is 14.5. The molecule has 0 aliphatic carbocycles. The molecule has 1 aromatic carbocycles. The van der Waals surface area contributed by atoms with Gasteiger partial charge in [0.1, 0.15) is 5.82 Å². The number of nitrogens with zero attached hydrogens (tertiary/aromatic N) is 2. The van der Waals surface area contributed by atoms with Gasteiger partial charge in [0, 0.05) is 25.9 Å². The first-order valence-electron chi connectivity index (χ1n) is 6.13. The van der Waals surface area contributed by atoms with Crippen LogP contribution in [0.25, 0.3) is 0 Å². The number of benzene rings is 1. The minimum Gasteiger partial charge on any atom is -0.384 e. The summed E-state index contributed by atoms with van der Waals surface area (Å²) in [4.78, 5) is 3.96. The molecule has 0 spiro atoms. The van der Waals surface area contributed by atoms with Gasteiger partial charge in [0.25, 0.3) is 0 Å². The van der Waals surface area contributed by atoms with Crippen molar-refractivity contribution in [3.8, 4) is 0 Å². The van der Waals surface area contributed by atoms with E-state index >= 15 is 0 Å². The molecule has 0 unspecified atom stereocenters. The van der Waals surface area contributed by atoms with Gasteiger partial charge >= 0.3 is 0 Å². The van der Waals surface area contributed by atoms with Gasteiger partial charge < -0.3 is 5.73 Å². The van der Waals surface area contributed by atoms with Crippen molar-refractivity contribution in [2.45, 2.75) is 18.4 Å². The highest BCUT2D eigenvalue weighted by molar-refractivity contribution is 7.89. The number of pyridine rings is 1. The van der Waals surface area contributed by atoms with Crippen molar-refractivity contribution < 1.29 is 8.42 Å². The van der Waals surface area contributed by atoms with Crippen molar-refractivity contribution in [3.63, 3.8) is 0 Å².